The summed E-state index contributed by atoms with van der Waals surface area (Å²) in [6, 6.07) is 3.47. The molecule has 0 unspecified atom stereocenters. The summed E-state index contributed by atoms with van der Waals surface area (Å²) in [4.78, 5) is 4.87. The molecule has 2 rings (SSSR count). The maximum Gasteiger partial charge on any atom is 0.243 e. The second kappa shape index (κ2) is 5.99. The highest BCUT2D eigenvalue weighted by atomic mass is 16.5. The van der Waals surface area contributed by atoms with Gasteiger partial charge in [-0.3, -0.25) is 0 Å². The number of nitrogens with zero attached hydrogens (tertiary/aromatic N) is 4. The van der Waals surface area contributed by atoms with Gasteiger partial charge in [0.15, 0.2) is 11.5 Å². The fourth-order valence-corrected chi connectivity index (χ4v) is 1.71. The summed E-state index contributed by atoms with van der Waals surface area (Å²) in [5, 5.41) is 7.88. The summed E-state index contributed by atoms with van der Waals surface area (Å²) in [5.74, 6) is 1.68. The van der Waals surface area contributed by atoms with E-state index in [1.165, 1.54) is 27.5 Å². The van der Waals surface area contributed by atoms with Crippen LogP contribution in [0.5, 0.6) is 17.2 Å². The number of anilines is 2. The smallest absolute Gasteiger partial charge is 0.243 e. The van der Waals surface area contributed by atoms with Crippen LogP contribution in [-0.2, 0) is 0 Å². The average Bonchev–Trinajstić information content (AvgIpc) is 2.81. The average molecular weight is 292 g/mol. The zero-order valence-corrected chi connectivity index (χ0v) is 11.9. The largest absolute Gasteiger partial charge is 0.493 e. The standard InChI is InChI=1S/C12H16N6O3/c1-19-8-4-7(5-9(20-2)10(8)21-3)6-15-18-12(14)16-11(13)17-18/h4-6H,1-3H3,(H4,13,14,16,17)/b15-6+. The van der Waals surface area contributed by atoms with Gasteiger partial charge in [0.25, 0.3) is 0 Å². The van der Waals surface area contributed by atoms with Gasteiger partial charge in [0.2, 0.25) is 17.6 Å². The molecule has 0 bridgehead atoms. The number of hydrogen-bond acceptors (Lipinski definition) is 8. The molecule has 0 radical (unpaired) electrons. The predicted octanol–water partition coefficient (Wildman–Crippen LogP) is 0.350. The van der Waals surface area contributed by atoms with Crippen molar-refractivity contribution in [3.8, 4) is 17.2 Å². The maximum atomic E-state index is 5.59. The number of aromatic nitrogens is 3. The second-order valence-corrected chi connectivity index (χ2v) is 3.92. The predicted molar refractivity (Wildman–Crippen MR) is 77.9 cm³/mol. The van der Waals surface area contributed by atoms with Crippen molar-refractivity contribution >= 4 is 18.1 Å². The third-order valence-corrected chi connectivity index (χ3v) is 2.63. The molecule has 9 nitrogen and oxygen atoms in total. The molecule has 0 atom stereocenters. The van der Waals surface area contributed by atoms with Crippen molar-refractivity contribution in [3.63, 3.8) is 0 Å². The second-order valence-electron chi connectivity index (χ2n) is 3.92. The molecule has 0 amide bonds. The molecule has 9 heteroatoms. The fourth-order valence-electron chi connectivity index (χ4n) is 1.71. The van der Waals surface area contributed by atoms with Gasteiger partial charge in [-0.05, 0) is 12.1 Å². The molecule has 0 saturated heterocycles. The van der Waals surface area contributed by atoms with Crippen LogP contribution in [-0.4, -0.2) is 42.4 Å². The van der Waals surface area contributed by atoms with Gasteiger partial charge in [0.1, 0.15) is 0 Å². The molecule has 1 aromatic carbocycles. The minimum atomic E-state index is 0.0505. The van der Waals surface area contributed by atoms with E-state index in [1.807, 2.05) is 0 Å². The van der Waals surface area contributed by atoms with Crippen LogP contribution in [0.3, 0.4) is 0 Å². The van der Waals surface area contributed by atoms with Crippen LogP contribution in [0, 0.1) is 0 Å². The summed E-state index contributed by atoms with van der Waals surface area (Å²) in [6.45, 7) is 0. The first-order valence-corrected chi connectivity index (χ1v) is 5.91. The SMILES string of the molecule is COc1cc(/C=N/n2nc(N)nc2N)cc(OC)c1OC. The summed E-state index contributed by atoms with van der Waals surface area (Å²) < 4.78 is 15.7. The van der Waals surface area contributed by atoms with Crippen LogP contribution < -0.4 is 25.7 Å². The van der Waals surface area contributed by atoms with Crippen molar-refractivity contribution in [2.24, 2.45) is 5.10 Å². The number of rotatable bonds is 5. The molecule has 2 aromatic rings. The van der Waals surface area contributed by atoms with E-state index < -0.39 is 0 Å². The maximum absolute atomic E-state index is 5.59. The van der Waals surface area contributed by atoms with E-state index in [0.717, 1.165) is 4.79 Å². The molecular weight excluding hydrogens is 276 g/mol. The number of hydrogen-bond donors (Lipinski definition) is 2. The van der Waals surface area contributed by atoms with E-state index >= 15 is 0 Å². The van der Waals surface area contributed by atoms with Crippen LogP contribution in [0.4, 0.5) is 11.9 Å². The Kier molecular flexibility index (Phi) is 4.12. The summed E-state index contributed by atoms with van der Waals surface area (Å²) in [7, 11) is 4.61. The Bertz CT molecular complexity index is 642. The molecule has 0 aliphatic carbocycles. The lowest BCUT2D eigenvalue weighted by Crippen LogP contribution is -2.01. The van der Waals surface area contributed by atoms with E-state index in [2.05, 4.69) is 15.2 Å². The first-order valence-electron chi connectivity index (χ1n) is 5.91. The van der Waals surface area contributed by atoms with Gasteiger partial charge in [0, 0.05) is 5.56 Å². The lowest BCUT2D eigenvalue weighted by Gasteiger charge is -2.12. The first kappa shape index (κ1) is 14.4. The van der Waals surface area contributed by atoms with Crippen LogP contribution in [0.25, 0.3) is 0 Å². The third kappa shape index (κ3) is 2.96. The highest BCUT2D eigenvalue weighted by Gasteiger charge is 2.12. The lowest BCUT2D eigenvalue weighted by atomic mass is 10.2. The van der Waals surface area contributed by atoms with E-state index in [-0.39, 0.29) is 11.9 Å². The highest BCUT2D eigenvalue weighted by Crippen LogP contribution is 2.37. The first-order chi connectivity index (χ1) is 10.1. The molecule has 1 heterocycles. The van der Waals surface area contributed by atoms with E-state index in [4.69, 9.17) is 25.7 Å². The normalized spacial score (nSPS) is 10.8. The molecule has 21 heavy (non-hydrogen) atoms. The van der Waals surface area contributed by atoms with Crippen LogP contribution in [0.2, 0.25) is 0 Å². The van der Waals surface area contributed by atoms with Crippen molar-refractivity contribution in [1.29, 1.82) is 0 Å². The van der Waals surface area contributed by atoms with E-state index in [9.17, 15) is 0 Å². The Morgan fingerprint density at radius 1 is 1.10 bits per heavy atom. The molecule has 1 aromatic heterocycles. The van der Waals surface area contributed by atoms with Crippen LogP contribution in [0.15, 0.2) is 17.2 Å². The van der Waals surface area contributed by atoms with E-state index in [0.29, 0.717) is 22.8 Å². The number of nitrogens with two attached hydrogens (primary N) is 2. The van der Waals surface area contributed by atoms with Gasteiger partial charge in [0.05, 0.1) is 27.5 Å². The van der Waals surface area contributed by atoms with Crippen molar-refractivity contribution in [2.45, 2.75) is 0 Å². The molecule has 4 N–H and O–H groups in total. The quantitative estimate of drug-likeness (QED) is 0.762. The fraction of sp³-hybridized carbons (Fsp3) is 0.250. The zero-order chi connectivity index (χ0) is 15.4. The van der Waals surface area contributed by atoms with Crippen LogP contribution in [0.1, 0.15) is 5.56 Å². The Morgan fingerprint density at radius 2 is 1.71 bits per heavy atom. The monoisotopic (exact) mass is 292 g/mol. The summed E-state index contributed by atoms with van der Waals surface area (Å²) in [6.07, 6.45) is 1.52. The van der Waals surface area contributed by atoms with Crippen molar-refractivity contribution in [3.05, 3.63) is 17.7 Å². The number of ether oxygens (including phenoxy) is 3. The van der Waals surface area contributed by atoms with Crippen molar-refractivity contribution in [1.82, 2.24) is 14.9 Å². The number of benzene rings is 1. The Morgan fingerprint density at radius 3 is 2.14 bits per heavy atom. The van der Waals surface area contributed by atoms with Crippen molar-refractivity contribution in [2.75, 3.05) is 32.8 Å². The molecule has 0 aliphatic heterocycles. The third-order valence-electron chi connectivity index (χ3n) is 2.63. The van der Waals surface area contributed by atoms with Gasteiger partial charge in [-0.15, -0.1) is 9.89 Å². The summed E-state index contributed by atoms with van der Waals surface area (Å²) >= 11 is 0. The molecule has 0 fully saturated rings. The van der Waals surface area contributed by atoms with Gasteiger partial charge in [-0.2, -0.15) is 10.1 Å². The Labute approximate surface area is 121 Å². The number of methoxy groups -OCH3 is 3. The van der Waals surface area contributed by atoms with E-state index in [1.54, 1.807) is 12.1 Å². The van der Waals surface area contributed by atoms with Gasteiger partial charge in [-0.1, -0.05) is 0 Å². The Hall–Kier alpha value is -2.97. The Balaban J connectivity index is 2.38. The van der Waals surface area contributed by atoms with Gasteiger partial charge >= 0.3 is 0 Å². The molecule has 112 valence electrons. The minimum Gasteiger partial charge on any atom is -0.493 e. The highest BCUT2D eigenvalue weighted by molar-refractivity contribution is 5.82. The molecular formula is C12H16N6O3. The molecule has 0 saturated carbocycles. The topological polar surface area (TPSA) is 123 Å². The van der Waals surface area contributed by atoms with Crippen LogP contribution >= 0.6 is 0 Å². The van der Waals surface area contributed by atoms with Gasteiger partial charge in [-0.25, -0.2) is 0 Å². The lowest BCUT2D eigenvalue weighted by molar-refractivity contribution is 0.324. The van der Waals surface area contributed by atoms with Gasteiger partial charge < -0.3 is 25.7 Å². The molecule has 0 spiro atoms. The zero-order valence-electron chi connectivity index (χ0n) is 11.9. The molecule has 0 aliphatic rings. The number of nitrogen functional groups attached to an aromatic ring is 2. The summed E-state index contributed by atoms with van der Waals surface area (Å²) in [5.41, 5.74) is 11.7. The minimum absolute atomic E-state index is 0.0505. The van der Waals surface area contributed by atoms with Crippen molar-refractivity contribution < 1.29 is 14.2 Å².